The molecule has 0 spiro atoms. The maximum absolute atomic E-state index is 12.8. The molecule has 1 amide bonds. The first kappa shape index (κ1) is 16.0. The quantitative estimate of drug-likeness (QED) is 0.813. The number of thiazole rings is 1. The molecule has 0 radical (unpaired) electrons. The van der Waals surface area contributed by atoms with Gasteiger partial charge in [-0.3, -0.25) is 4.79 Å². The Kier molecular flexibility index (Phi) is 4.95. The molecule has 1 aliphatic heterocycles. The Balaban J connectivity index is 1.53. The minimum absolute atomic E-state index is 0.0545. The molecule has 7 heteroatoms. The summed E-state index contributed by atoms with van der Waals surface area (Å²) in [5.41, 5.74) is 0. The highest BCUT2D eigenvalue weighted by molar-refractivity contribution is 7.13. The van der Waals surface area contributed by atoms with Crippen LogP contribution in [0.5, 0.6) is 0 Å². The van der Waals surface area contributed by atoms with Gasteiger partial charge in [0.25, 0.3) is 0 Å². The van der Waals surface area contributed by atoms with E-state index in [0.717, 1.165) is 49.9 Å². The summed E-state index contributed by atoms with van der Waals surface area (Å²) in [6.07, 6.45) is 8.51. The van der Waals surface area contributed by atoms with E-state index in [1.807, 2.05) is 36.6 Å². The van der Waals surface area contributed by atoms with Crippen LogP contribution in [0.15, 0.2) is 24.0 Å². The van der Waals surface area contributed by atoms with Gasteiger partial charge in [-0.1, -0.05) is 0 Å². The Morgan fingerprint density at radius 3 is 3.00 bits per heavy atom. The number of rotatable bonds is 6. The average molecular weight is 333 g/mol. The first-order valence-electron chi connectivity index (χ1n) is 8.05. The van der Waals surface area contributed by atoms with Crippen molar-refractivity contribution in [3.05, 3.63) is 29.8 Å². The zero-order valence-electron chi connectivity index (χ0n) is 13.7. The molecule has 1 saturated heterocycles. The van der Waals surface area contributed by atoms with Crippen LogP contribution in [0.1, 0.15) is 25.1 Å². The molecule has 6 nitrogen and oxygen atoms in total. The van der Waals surface area contributed by atoms with E-state index in [-0.39, 0.29) is 11.9 Å². The predicted octanol–water partition coefficient (Wildman–Crippen LogP) is 2.17. The van der Waals surface area contributed by atoms with E-state index in [0.29, 0.717) is 0 Å². The number of amides is 1. The summed E-state index contributed by atoms with van der Waals surface area (Å²) < 4.78 is 2.12. The fraction of sp³-hybridized carbons (Fsp3) is 0.562. The number of likely N-dealkylation sites (N-methyl/N-ethyl adjacent to an activating group) is 1. The second kappa shape index (κ2) is 7.12. The first-order chi connectivity index (χ1) is 11.2. The molecule has 2 aromatic heterocycles. The number of nitrogens with zero attached hydrogens (tertiary/aromatic N) is 5. The molecule has 2 aromatic rings. The number of anilines is 1. The van der Waals surface area contributed by atoms with Gasteiger partial charge in [0.1, 0.15) is 11.9 Å². The van der Waals surface area contributed by atoms with Crippen LogP contribution in [-0.2, 0) is 11.3 Å². The normalized spacial score (nSPS) is 17.7. The fourth-order valence-electron chi connectivity index (χ4n) is 3.09. The van der Waals surface area contributed by atoms with E-state index in [2.05, 4.69) is 19.4 Å². The highest BCUT2D eigenvalue weighted by Gasteiger charge is 2.33. The lowest BCUT2D eigenvalue weighted by Gasteiger charge is -2.27. The smallest absolute Gasteiger partial charge is 0.245 e. The minimum atomic E-state index is -0.0545. The molecule has 1 fully saturated rings. The number of hydrogen-bond acceptors (Lipinski definition) is 5. The van der Waals surface area contributed by atoms with E-state index in [4.69, 9.17) is 0 Å². The Hall–Kier alpha value is -1.89. The summed E-state index contributed by atoms with van der Waals surface area (Å²) in [6, 6.07) is -0.0545. The van der Waals surface area contributed by atoms with Crippen LogP contribution in [0, 0.1) is 6.92 Å². The average Bonchev–Trinajstić information content (AvgIpc) is 3.27. The summed E-state index contributed by atoms with van der Waals surface area (Å²) >= 11 is 1.60. The molecule has 1 atom stereocenters. The third-order valence-corrected chi connectivity index (χ3v) is 5.20. The largest absolute Gasteiger partial charge is 0.344 e. The Bertz CT molecular complexity index is 639. The van der Waals surface area contributed by atoms with Gasteiger partial charge in [0, 0.05) is 50.7 Å². The Morgan fingerprint density at radius 2 is 2.30 bits per heavy atom. The van der Waals surface area contributed by atoms with Crippen LogP contribution in [-0.4, -0.2) is 51.5 Å². The molecule has 1 unspecified atom stereocenters. The molecule has 1 aliphatic rings. The van der Waals surface area contributed by atoms with Crippen molar-refractivity contribution in [3.63, 3.8) is 0 Å². The fourth-order valence-corrected chi connectivity index (χ4v) is 3.81. The van der Waals surface area contributed by atoms with Gasteiger partial charge in [0.05, 0.1) is 0 Å². The van der Waals surface area contributed by atoms with Gasteiger partial charge in [-0.15, -0.1) is 11.3 Å². The van der Waals surface area contributed by atoms with Crippen molar-refractivity contribution in [1.82, 2.24) is 19.4 Å². The Labute approximate surface area is 140 Å². The number of carbonyl (C=O) groups excluding carboxylic acids is 1. The van der Waals surface area contributed by atoms with Gasteiger partial charge in [-0.2, -0.15) is 0 Å². The first-order valence-corrected chi connectivity index (χ1v) is 8.93. The van der Waals surface area contributed by atoms with Crippen LogP contribution >= 0.6 is 11.3 Å². The van der Waals surface area contributed by atoms with Gasteiger partial charge in [0.15, 0.2) is 5.13 Å². The maximum atomic E-state index is 12.8. The predicted molar refractivity (Wildman–Crippen MR) is 91.7 cm³/mol. The highest BCUT2D eigenvalue weighted by Crippen LogP contribution is 2.28. The van der Waals surface area contributed by atoms with Gasteiger partial charge in [0.2, 0.25) is 5.91 Å². The molecule has 0 bridgehead atoms. The SMILES string of the molecule is Cc1nccn1CCCN(C)C(=O)C1CCCN1c1nccs1. The van der Waals surface area contributed by atoms with E-state index in [9.17, 15) is 4.79 Å². The van der Waals surface area contributed by atoms with Gasteiger partial charge < -0.3 is 14.4 Å². The Morgan fingerprint density at radius 1 is 1.43 bits per heavy atom. The van der Waals surface area contributed by atoms with Crippen molar-refractivity contribution < 1.29 is 4.79 Å². The summed E-state index contributed by atoms with van der Waals surface area (Å²) in [5, 5.41) is 2.93. The maximum Gasteiger partial charge on any atom is 0.245 e. The molecule has 3 rings (SSSR count). The molecule has 0 aliphatic carbocycles. The van der Waals surface area contributed by atoms with Crippen molar-refractivity contribution >= 4 is 22.4 Å². The molecule has 0 saturated carbocycles. The van der Waals surface area contributed by atoms with E-state index < -0.39 is 0 Å². The molecule has 124 valence electrons. The van der Waals surface area contributed by atoms with Gasteiger partial charge in [-0.05, 0) is 26.2 Å². The summed E-state index contributed by atoms with van der Waals surface area (Å²) in [6.45, 7) is 4.58. The zero-order valence-corrected chi connectivity index (χ0v) is 14.5. The zero-order chi connectivity index (χ0) is 16.2. The topological polar surface area (TPSA) is 54.3 Å². The second-order valence-electron chi connectivity index (χ2n) is 5.95. The van der Waals surface area contributed by atoms with E-state index >= 15 is 0 Å². The summed E-state index contributed by atoms with van der Waals surface area (Å²) in [4.78, 5) is 25.4. The number of aromatic nitrogens is 3. The molecule has 23 heavy (non-hydrogen) atoms. The highest BCUT2D eigenvalue weighted by atomic mass is 32.1. The lowest BCUT2D eigenvalue weighted by atomic mass is 10.2. The second-order valence-corrected chi connectivity index (χ2v) is 6.82. The number of imidazole rings is 1. The van der Waals surface area contributed by atoms with Crippen molar-refractivity contribution in [2.24, 2.45) is 0 Å². The lowest BCUT2D eigenvalue weighted by molar-refractivity contribution is -0.131. The number of aryl methyl sites for hydroxylation is 2. The van der Waals surface area contributed by atoms with Gasteiger partial charge >= 0.3 is 0 Å². The number of carbonyl (C=O) groups is 1. The molecular weight excluding hydrogens is 310 g/mol. The van der Waals surface area contributed by atoms with Crippen molar-refractivity contribution in [3.8, 4) is 0 Å². The monoisotopic (exact) mass is 333 g/mol. The lowest BCUT2D eigenvalue weighted by Crippen LogP contribution is -2.44. The molecular formula is C16H23N5OS. The molecule has 0 N–H and O–H groups in total. The van der Waals surface area contributed by atoms with E-state index in [1.54, 1.807) is 17.5 Å². The van der Waals surface area contributed by atoms with Crippen LogP contribution < -0.4 is 4.90 Å². The van der Waals surface area contributed by atoms with Gasteiger partial charge in [-0.25, -0.2) is 9.97 Å². The standard InChI is InChI=1S/C16H23N5OS/c1-13-17-6-11-20(13)9-4-8-19(2)15(22)14-5-3-10-21(14)16-18-7-12-23-16/h6-7,11-12,14H,3-5,8-10H2,1-2H3. The third-order valence-electron chi connectivity index (χ3n) is 4.40. The van der Waals surface area contributed by atoms with Crippen LogP contribution in [0.4, 0.5) is 5.13 Å². The van der Waals surface area contributed by atoms with Crippen molar-refractivity contribution in [2.75, 3.05) is 25.0 Å². The summed E-state index contributed by atoms with van der Waals surface area (Å²) in [7, 11) is 1.90. The number of hydrogen-bond donors (Lipinski definition) is 0. The molecule has 3 heterocycles. The van der Waals surface area contributed by atoms with Crippen molar-refractivity contribution in [1.29, 1.82) is 0 Å². The minimum Gasteiger partial charge on any atom is -0.344 e. The van der Waals surface area contributed by atoms with Crippen molar-refractivity contribution in [2.45, 2.75) is 38.8 Å². The van der Waals surface area contributed by atoms with Crippen LogP contribution in [0.25, 0.3) is 0 Å². The van der Waals surface area contributed by atoms with E-state index in [1.165, 1.54) is 0 Å². The third kappa shape index (κ3) is 3.55. The van der Waals surface area contributed by atoms with Crippen LogP contribution in [0.3, 0.4) is 0 Å². The molecule has 0 aromatic carbocycles. The van der Waals surface area contributed by atoms with Crippen LogP contribution in [0.2, 0.25) is 0 Å². The summed E-state index contributed by atoms with van der Waals surface area (Å²) in [5.74, 6) is 1.23.